The highest BCUT2D eigenvalue weighted by molar-refractivity contribution is 5.48. The molecule has 0 fully saturated rings. The molecule has 23 heavy (non-hydrogen) atoms. The molecule has 3 N–H and O–H groups in total. The Labute approximate surface area is 132 Å². The first-order valence-corrected chi connectivity index (χ1v) is 6.87. The average molecular weight is 310 g/mol. The lowest BCUT2D eigenvalue weighted by Crippen LogP contribution is -1.87. The molecule has 0 heterocycles. The van der Waals surface area contributed by atoms with E-state index in [-0.39, 0.29) is 23.0 Å². The number of benzene rings is 3. The second kappa shape index (κ2) is 6.19. The van der Waals surface area contributed by atoms with Crippen molar-refractivity contribution in [2.24, 2.45) is 0 Å². The summed E-state index contributed by atoms with van der Waals surface area (Å²) in [7, 11) is 0. The molecular formula is C18H14O5. The van der Waals surface area contributed by atoms with E-state index in [0.29, 0.717) is 17.2 Å². The summed E-state index contributed by atoms with van der Waals surface area (Å²) in [6, 6.07) is 17.1. The zero-order valence-electron chi connectivity index (χ0n) is 12.0. The van der Waals surface area contributed by atoms with Crippen molar-refractivity contribution in [3.8, 4) is 40.2 Å². The monoisotopic (exact) mass is 310 g/mol. The lowest BCUT2D eigenvalue weighted by molar-refractivity contribution is 0.403. The normalized spacial score (nSPS) is 10.3. The summed E-state index contributed by atoms with van der Waals surface area (Å²) in [4.78, 5) is 0. The summed E-state index contributed by atoms with van der Waals surface area (Å²) >= 11 is 0. The van der Waals surface area contributed by atoms with Crippen LogP contribution in [0.1, 0.15) is 0 Å². The lowest BCUT2D eigenvalue weighted by Gasteiger charge is -2.10. The molecule has 0 aromatic heterocycles. The van der Waals surface area contributed by atoms with Gasteiger partial charge in [-0.15, -0.1) is 0 Å². The number of aromatic hydroxyl groups is 3. The van der Waals surface area contributed by atoms with Crippen molar-refractivity contribution in [1.29, 1.82) is 0 Å². The summed E-state index contributed by atoms with van der Waals surface area (Å²) in [5.41, 5.74) is 0. The molecule has 0 aliphatic carbocycles. The van der Waals surface area contributed by atoms with Gasteiger partial charge >= 0.3 is 0 Å². The quantitative estimate of drug-likeness (QED) is 0.666. The van der Waals surface area contributed by atoms with E-state index in [4.69, 9.17) is 9.47 Å². The van der Waals surface area contributed by atoms with E-state index in [1.54, 1.807) is 42.5 Å². The van der Waals surface area contributed by atoms with E-state index < -0.39 is 0 Å². The van der Waals surface area contributed by atoms with Crippen molar-refractivity contribution in [2.45, 2.75) is 0 Å². The van der Waals surface area contributed by atoms with Gasteiger partial charge in [-0.3, -0.25) is 0 Å². The second-order valence-electron chi connectivity index (χ2n) is 4.82. The van der Waals surface area contributed by atoms with Gasteiger partial charge in [0.2, 0.25) is 0 Å². The Hall–Kier alpha value is -3.34. The van der Waals surface area contributed by atoms with Crippen LogP contribution < -0.4 is 9.47 Å². The van der Waals surface area contributed by atoms with Crippen LogP contribution in [0.4, 0.5) is 0 Å². The Morgan fingerprint density at radius 2 is 1.26 bits per heavy atom. The van der Waals surface area contributed by atoms with Gasteiger partial charge in [0, 0.05) is 12.1 Å². The predicted octanol–water partition coefficient (Wildman–Crippen LogP) is 4.39. The number of ether oxygens (including phenoxy) is 2. The first-order chi connectivity index (χ1) is 11.1. The highest BCUT2D eigenvalue weighted by Gasteiger charge is 2.07. The fourth-order valence-electron chi connectivity index (χ4n) is 1.97. The molecule has 0 saturated heterocycles. The number of hydrogen-bond donors (Lipinski definition) is 3. The zero-order valence-corrected chi connectivity index (χ0v) is 12.0. The Bertz CT molecular complexity index is 812. The first kappa shape index (κ1) is 14.6. The predicted molar refractivity (Wildman–Crippen MR) is 84.5 cm³/mol. The molecular weight excluding hydrogens is 296 g/mol. The van der Waals surface area contributed by atoms with Crippen LogP contribution in [0.25, 0.3) is 0 Å². The van der Waals surface area contributed by atoms with Gasteiger partial charge in [-0.05, 0) is 48.5 Å². The van der Waals surface area contributed by atoms with Crippen molar-refractivity contribution in [2.75, 3.05) is 0 Å². The third-order valence-electron chi connectivity index (χ3n) is 3.05. The largest absolute Gasteiger partial charge is 0.508 e. The number of rotatable bonds is 4. The smallest absolute Gasteiger partial charge is 0.169 e. The topological polar surface area (TPSA) is 79.2 Å². The summed E-state index contributed by atoms with van der Waals surface area (Å²) in [5, 5.41) is 28.7. The molecule has 0 atom stereocenters. The summed E-state index contributed by atoms with van der Waals surface area (Å²) < 4.78 is 11.1. The highest BCUT2D eigenvalue weighted by atomic mass is 16.5. The van der Waals surface area contributed by atoms with Crippen molar-refractivity contribution in [3.05, 3.63) is 66.7 Å². The van der Waals surface area contributed by atoms with Crippen molar-refractivity contribution in [1.82, 2.24) is 0 Å². The molecule has 0 radical (unpaired) electrons. The fraction of sp³-hybridized carbons (Fsp3) is 0. The Balaban J connectivity index is 1.76. The van der Waals surface area contributed by atoms with Crippen molar-refractivity contribution >= 4 is 0 Å². The third-order valence-corrected chi connectivity index (χ3v) is 3.05. The van der Waals surface area contributed by atoms with Crippen LogP contribution in [0, 0.1) is 0 Å². The van der Waals surface area contributed by atoms with E-state index in [9.17, 15) is 15.3 Å². The standard InChI is InChI=1S/C18H14O5/c19-12-4-6-14(7-5-12)23-18-9-8-16(11-17(18)21)22-15-3-1-2-13(20)10-15/h1-11,19-21H. The van der Waals surface area contributed by atoms with E-state index >= 15 is 0 Å². The third kappa shape index (κ3) is 3.65. The summed E-state index contributed by atoms with van der Waals surface area (Å²) in [5.74, 6) is 1.76. The summed E-state index contributed by atoms with van der Waals surface area (Å²) in [6.07, 6.45) is 0. The number of phenols is 3. The molecule has 0 amide bonds. The van der Waals surface area contributed by atoms with Crippen molar-refractivity contribution in [3.63, 3.8) is 0 Å². The Morgan fingerprint density at radius 3 is 1.96 bits per heavy atom. The number of hydrogen-bond acceptors (Lipinski definition) is 5. The van der Waals surface area contributed by atoms with Gasteiger partial charge < -0.3 is 24.8 Å². The molecule has 0 spiro atoms. The van der Waals surface area contributed by atoms with Crippen LogP contribution in [-0.4, -0.2) is 15.3 Å². The fourth-order valence-corrected chi connectivity index (χ4v) is 1.97. The van der Waals surface area contributed by atoms with Crippen molar-refractivity contribution < 1.29 is 24.8 Å². The van der Waals surface area contributed by atoms with Crippen LogP contribution in [-0.2, 0) is 0 Å². The molecule has 0 aliphatic rings. The van der Waals surface area contributed by atoms with Gasteiger partial charge in [0.1, 0.15) is 28.7 Å². The van der Waals surface area contributed by atoms with Crippen LogP contribution in [0.2, 0.25) is 0 Å². The molecule has 0 saturated carbocycles. The molecule has 3 rings (SSSR count). The maximum absolute atomic E-state index is 10.0. The Morgan fingerprint density at radius 1 is 0.565 bits per heavy atom. The Kier molecular flexibility index (Phi) is 3.93. The average Bonchev–Trinajstić information content (AvgIpc) is 2.52. The molecule has 0 bridgehead atoms. The zero-order chi connectivity index (χ0) is 16.2. The van der Waals surface area contributed by atoms with E-state index in [1.165, 1.54) is 24.3 Å². The van der Waals surface area contributed by atoms with Gasteiger partial charge in [0.05, 0.1) is 0 Å². The highest BCUT2D eigenvalue weighted by Crippen LogP contribution is 2.35. The van der Waals surface area contributed by atoms with Crippen LogP contribution >= 0.6 is 0 Å². The van der Waals surface area contributed by atoms with Gasteiger partial charge in [-0.2, -0.15) is 0 Å². The van der Waals surface area contributed by atoms with Gasteiger partial charge in [0.25, 0.3) is 0 Å². The minimum atomic E-state index is -0.0873. The molecule has 5 heteroatoms. The summed E-state index contributed by atoms with van der Waals surface area (Å²) in [6.45, 7) is 0. The molecule has 3 aromatic carbocycles. The lowest BCUT2D eigenvalue weighted by atomic mass is 10.3. The molecule has 0 unspecified atom stereocenters. The van der Waals surface area contributed by atoms with Gasteiger partial charge in [-0.1, -0.05) is 6.07 Å². The second-order valence-corrected chi connectivity index (χ2v) is 4.82. The molecule has 116 valence electrons. The van der Waals surface area contributed by atoms with E-state index in [2.05, 4.69) is 0 Å². The van der Waals surface area contributed by atoms with Crippen LogP contribution in [0.15, 0.2) is 66.7 Å². The molecule has 5 nitrogen and oxygen atoms in total. The van der Waals surface area contributed by atoms with Gasteiger partial charge in [-0.25, -0.2) is 0 Å². The minimum absolute atomic E-state index is 0.0873. The van der Waals surface area contributed by atoms with E-state index in [1.807, 2.05) is 0 Å². The molecule has 0 aliphatic heterocycles. The maximum Gasteiger partial charge on any atom is 0.169 e. The maximum atomic E-state index is 10.0. The van der Waals surface area contributed by atoms with E-state index in [0.717, 1.165) is 0 Å². The molecule has 3 aromatic rings. The minimum Gasteiger partial charge on any atom is -0.508 e. The van der Waals surface area contributed by atoms with Crippen LogP contribution in [0.5, 0.6) is 40.2 Å². The van der Waals surface area contributed by atoms with Gasteiger partial charge in [0.15, 0.2) is 11.5 Å². The first-order valence-electron chi connectivity index (χ1n) is 6.87. The van der Waals surface area contributed by atoms with Crippen LogP contribution in [0.3, 0.4) is 0 Å². The number of phenolic OH excluding ortho intramolecular Hbond substituents is 3. The SMILES string of the molecule is Oc1ccc(Oc2ccc(Oc3cccc(O)c3)cc2O)cc1.